The van der Waals surface area contributed by atoms with E-state index in [1.54, 1.807) is 12.1 Å². The van der Waals surface area contributed by atoms with Crippen LogP contribution in [0.4, 0.5) is 4.39 Å². The standard InChI is InChI=1S/C33H41FN4O3/c1-21-18-36(30(32(40)41)16-22-8-10-24-6-5-7-25(24)14-22)12-13-38(21)31(39)28-20-37(33(2,3)4)19-27(28)26-11-9-23(17-35)15-29(26)34/h8-11,14-15,21,27-28,30H,5-7,12-13,16,18-20H2,1-4H3,(H,40,41)/t21-,27?,28?,30-/m0/s1. The van der Waals surface area contributed by atoms with Gasteiger partial charge in [0.2, 0.25) is 5.91 Å². The first-order valence-corrected chi connectivity index (χ1v) is 14.8. The van der Waals surface area contributed by atoms with Crippen LogP contribution in [-0.4, -0.2) is 82.0 Å². The fourth-order valence-electron chi connectivity index (χ4n) is 6.97. The highest BCUT2D eigenvalue weighted by molar-refractivity contribution is 5.81. The molecule has 1 amide bonds. The molecular weight excluding hydrogens is 519 g/mol. The summed E-state index contributed by atoms with van der Waals surface area (Å²) in [5, 5.41) is 19.4. The van der Waals surface area contributed by atoms with E-state index in [2.05, 4.69) is 43.9 Å². The van der Waals surface area contributed by atoms with Gasteiger partial charge in [-0.1, -0.05) is 24.3 Å². The van der Waals surface area contributed by atoms with Crippen molar-refractivity contribution in [1.29, 1.82) is 5.26 Å². The van der Waals surface area contributed by atoms with Gasteiger partial charge in [-0.2, -0.15) is 5.26 Å². The van der Waals surface area contributed by atoms with Gasteiger partial charge in [-0.05, 0) is 87.8 Å². The topological polar surface area (TPSA) is 87.9 Å². The van der Waals surface area contributed by atoms with Gasteiger partial charge in [-0.25, -0.2) is 4.39 Å². The average molecular weight is 561 g/mol. The van der Waals surface area contributed by atoms with Crippen LogP contribution in [0.25, 0.3) is 0 Å². The molecule has 1 N–H and O–H groups in total. The van der Waals surface area contributed by atoms with Crippen LogP contribution in [0.15, 0.2) is 36.4 Å². The Labute approximate surface area is 242 Å². The summed E-state index contributed by atoms with van der Waals surface area (Å²) in [6.45, 7) is 10.7. The van der Waals surface area contributed by atoms with Gasteiger partial charge in [0.25, 0.3) is 0 Å². The smallest absolute Gasteiger partial charge is 0.321 e. The first kappa shape index (κ1) is 29.2. The number of carboxylic acid groups (broad SMARTS) is 1. The molecule has 8 heteroatoms. The molecule has 0 aromatic heterocycles. The van der Waals surface area contributed by atoms with E-state index in [1.165, 1.54) is 17.2 Å². The van der Waals surface area contributed by atoms with E-state index in [0.717, 1.165) is 24.8 Å². The Balaban J connectivity index is 1.32. The van der Waals surface area contributed by atoms with Crippen LogP contribution in [0.3, 0.4) is 0 Å². The first-order valence-electron chi connectivity index (χ1n) is 14.8. The number of likely N-dealkylation sites (tertiary alicyclic amines) is 1. The number of benzene rings is 2. The number of carbonyl (C=O) groups is 2. The Morgan fingerprint density at radius 1 is 1.07 bits per heavy atom. The van der Waals surface area contributed by atoms with Crippen molar-refractivity contribution < 1.29 is 19.1 Å². The van der Waals surface area contributed by atoms with Crippen LogP contribution in [0, 0.1) is 23.1 Å². The lowest BCUT2D eigenvalue weighted by atomic mass is 9.86. The molecule has 41 heavy (non-hydrogen) atoms. The average Bonchev–Trinajstić information content (AvgIpc) is 3.58. The monoisotopic (exact) mass is 560 g/mol. The Morgan fingerprint density at radius 3 is 2.49 bits per heavy atom. The van der Waals surface area contributed by atoms with E-state index in [1.807, 2.05) is 22.8 Å². The van der Waals surface area contributed by atoms with Gasteiger partial charge in [0.15, 0.2) is 0 Å². The van der Waals surface area contributed by atoms with Crippen molar-refractivity contribution in [3.63, 3.8) is 0 Å². The molecule has 2 heterocycles. The summed E-state index contributed by atoms with van der Waals surface area (Å²) in [6, 6.07) is 12.1. The number of rotatable bonds is 6. The Bertz CT molecular complexity index is 1360. The molecule has 0 radical (unpaired) electrons. The van der Waals surface area contributed by atoms with E-state index in [-0.39, 0.29) is 29.0 Å². The number of aliphatic carboxylic acids is 1. The lowest BCUT2D eigenvalue weighted by molar-refractivity contribution is -0.147. The quantitative estimate of drug-likeness (QED) is 0.569. The zero-order chi connectivity index (χ0) is 29.5. The van der Waals surface area contributed by atoms with Crippen LogP contribution >= 0.6 is 0 Å². The molecule has 3 aliphatic rings. The normalized spacial score (nSPS) is 24.2. The number of aryl methyl sites for hydroxylation is 2. The largest absolute Gasteiger partial charge is 0.480 e. The molecule has 2 aromatic carbocycles. The Hall–Kier alpha value is -3.28. The molecule has 218 valence electrons. The molecule has 2 aromatic rings. The van der Waals surface area contributed by atoms with Gasteiger partial charge in [-0.15, -0.1) is 0 Å². The third kappa shape index (κ3) is 6.02. The van der Waals surface area contributed by atoms with Gasteiger partial charge in [-0.3, -0.25) is 19.4 Å². The van der Waals surface area contributed by atoms with E-state index in [0.29, 0.717) is 44.7 Å². The van der Waals surface area contributed by atoms with E-state index in [9.17, 15) is 20.0 Å². The van der Waals surface area contributed by atoms with E-state index >= 15 is 4.39 Å². The lowest BCUT2D eigenvalue weighted by Crippen LogP contribution is -2.59. The molecule has 5 rings (SSSR count). The summed E-state index contributed by atoms with van der Waals surface area (Å²) in [5.41, 5.74) is 4.30. The maximum absolute atomic E-state index is 15.2. The number of piperazine rings is 1. The number of nitriles is 1. The number of amides is 1. The summed E-state index contributed by atoms with van der Waals surface area (Å²) in [5.74, 6) is -2.05. The van der Waals surface area contributed by atoms with E-state index < -0.39 is 23.7 Å². The molecule has 2 aliphatic heterocycles. The van der Waals surface area contributed by atoms with Crippen LogP contribution in [0.2, 0.25) is 0 Å². The van der Waals surface area contributed by atoms with Crippen LogP contribution in [-0.2, 0) is 28.9 Å². The molecule has 2 saturated heterocycles. The molecule has 2 fully saturated rings. The third-order valence-electron chi connectivity index (χ3n) is 9.37. The van der Waals surface area contributed by atoms with Crippen molar-refractivity contribution in [2.45, 2.75) is 76.9 Å². The highest BCUT2D eigenvalue weighted by atomic mass is 19.1. The van der Waals surface area contributed by atoms with Crippen LogP contribution in [0.1, 0.15) is 67.9 Å². The SMILES string of the molecule is C[C@H]1CN([C@@H](Cc2ccc3c(c2)CCC3)C(=O)O)CCN1C(=O)C1CN(C(C)(C)C)CC1c1ccc(C#N)cc1F. The van der Waals surface area contributed by atoms with Crippen molar-refractivity contribution in [2.24, 2.45) is 5.92 Å². The summed E-state index contributed by atoms with van der Waals surface area (Å²) in [6.07, 6.45) is 3.74. The number of carboxylic acids is 1. The number of halogens is 1. The third-order valence-corrected chi connectivity index (χ3v) is 9.37. The summed E-state index contributed by atoms with van der Waals surface area (Å²) >= 11 is 0. The molecule has 1 aliphatic carbocycles. The summed E-state index contributed by atoms with van der Waals surface area (Å²) in [4.78, 5) is 32.6. The first-order chi connectivity index (χ1) is 19.5. The van der Waals surface area contributed by atoms with Crippen LogP contribution < -0.4 is 0 Å². The number of hydrogen-bond donors (Lipinski definition) is 1. The molecule has 2 unspecified atom stereocenters. The van der Waals surface area contributed by atoms with Crippen molar-refractivity contribution in [3.8, 4) is 6.07 Å². The molecule has 7 nitrogen and oxygen atoms in total. The van der Waals surface area contributed by atoms with Crippen molar-refractivity contribution >= 4 is 11.9 Å². The van der Waals surface area contributed by atoms with Crippen molar-refractivity contribution in [1.82, 2.24) is 14.7 Å². The van der Waals surface area contributed by atoms with Gasteiger partial charge in [0, 0.05) is 50.2 Å². The van der Waals surface area contributed by atoms with Gasteiger partial charge in [0.05, 0.1) is 17.6 Å². The predicted molar refractivity (Wildman–Crippen MR) is 155 cm³/mol. The minimum absolute atomic E-state index is 0.0110. The van der Waals surface area contributed by atoms with Gasteiger partial charge >= 0.3 is 5.97 Å². The minimum Gasteiger partial charge on any atom is -0.480 e. The highest BCUT2D eigenvalue weighted by Gasteiger charge is 2.46. The molecular formula is C33H41FN4O3. The van der Waals surface area contributed by atoms with Gasteiger partial charge < -0.3 is 10.0 Å². The molecule has 0 spiro atoms. The number of carbonyl (C=O) groups excluding carboxylic acids is 1. The number of nitrogens with zero attached hydrogens (tertiary/aromatic N) is 4. The molecule has 4 atom stereocenters. The number of fused-ring (bicyclic) bond motifs is 1. The van der Waals surface area contributed by atoms with Crippen molar-refractivity contribution in [3.05, 3.63) is 70.0 Å². The second-order valence-corrected chi connectivity index (χ2v) is 13.0. The Kier molecular flexibility index (Phi) is 8.22. The maximum Gasteiger partial charge on any atom is 0.321 e. The van der Waals surface area contributed by atoms with Crippen LogP contribution in [0.5, 0.6) is 0 Å². The van der Waals surface area contributed by atoms with Crippen molar-refractivity contribution in [2.75, 3.05) is 32.7 Å². The summed E-state index contributed by atoms with van der Waals surface area (Å²) < 4.78 is 15.2. The van der Waals surface area contributed by atoms with Gasteiger partial charge in [0.1, 0.15) is 11.9 Å². The highest BCUT2D eigenvalue weighted by Crippen LogP contribution is 2.39. The fraction of sp³-hybridized carbons (Fsp3) is 0.545. The zero-order valence-electron chi connectivity index (χ0n) is 24.6. The lowest BCUT2D eigenvalue weighted by Gasteiger charge is -2.43. The maximum atomic E-state index is 15.2. The predicted octanol–water partition coefficient (Wildman–Crippen LogP) is 4.23. The molecule has 0 saturated carbocycles. The van der Waals surface area contributed by atoms with E-state index in [4.69, 9.17) is 0 Å². The fourth-order valence-corrected chi connectivity index (χ4v) is 6.97. The zero-order valence-corrected chi connectivity index (χ0v) is 24.6. The minimum atomic E-state index is -0.842. The summed E-state index contributed by atoms with van der Waals surface area (Å²) in [7, 11) is 0. The number of hydrogen-bond acceptors (Lipinski definition) is 5. The molecule has 0 bridgehead atoms. The second-order valence-electron chi connectivity index (χ2n) is 13.0. The second kappa shape index (κ2) is 11.5. The Morgan fingerprint density at radius 2 is 1.83 bits per heavy atom.